The number of benzene rings is 2. The Hall–Kier alpha value is -3.15. The first kappa shape index (κ1) is 18.6. The van der Waals surface area contributed by atoms with Gasteiger partial charge in [-0.1, -0.05) is 19.1 Å². The van der Waals surface area contributed by atoms with Crippen molar-refractivity contribution in [3.8, 4) is 0 Å². The average molecular weight is 365 g/mol. The van der Waals surface area contributed by atoms with Crippen molar-refractivity contribution >= 4 is 29.1 Å². The lowest BCUT2D eigenvalue weighted by Crippen LogP contribution is -2.24. The molecule has 1 saturated carbocycles. The summed E-state index contributed by atoms with van der Waals surface area (Å²) in [5, 5.41) is 5.65. The number of anilines is 2. The molecule has 2 aromatic rings. The molecule has 0 unspecified atom stereocenters. The van der Waals surface area contributed by atoms with Crippen molar-refractivity contribution in [3.05, 3.63) is 59.7 Å². The monoisotopic (exact) mass is 365 g/mol. The van der Waals surface area contributed by atoms with Crippen LogP contribution in [0.2, 0.25) is 0 Å². The molecule has 1 fully saturated rings. The second kappa shape index (κ2) is 7.61. The number of amides is 3. The van der Waals surface area contributed by atoms with Gasteiger partial charge in [-0.3, -0.25) is 14.4 Å². The number of hydrogen-bond acceptors (Lipinski definition) is 3. The highest BCUT2D eigenvalue weighted by atomic mass is 16.2. The summed E-state index contributed by atoms with van der Waals surface area (Å²) in [6.45, 7) is 2.05. The van der Waals surface area contributed by atoms with Crippen molar-refractivity contribution in [1.29, 1.82) is 0 Å². The molecule has 1 aliphatic carbocycles. The molecule has 6 heteroatoms. The molecular formula is C21H23N3O3. The minimum atomic E-state index is -0.317. The van der Waals surface area contributed by atoms with Gasteiger partial charge in [0, 0.05) is 31.3 Å². The van der Waals surface area contributed by atoms with Crippen LogP contribution >= 0.6 is 0 Å². The van der Waals surface area contributed by atoms with E-state index in [1.54, 1.807) is 62.6 Å². The quantitative estimate of drug-likeness (QED) is 0.854. The highest BCUT2D eigenvalue weighted by molar-refractivity contribution is 6.09. The van der Waals surface area contributed by atoms with E-state index in [-0.39, 0.29) is 23.6 Å². The minimum Gasteiger partial charge on any atom is -0.345 e. The lowest BCUT2D eigenvalue weighted by molar-refractivity contribution is -0.117. The predicted molar refractivity (Wildman–Crippen MR) is 105 cm³/mol. The molecule has 2 atom stereocenters. The Labute approximate surface area is 158 Å². The van der Waals surface area contributed by atoms with Crippen LogP contribution in [-0.4, -0.2) is 36.7 Å². The Morgan fingerprint density at radius 3 is 2.19 bits per heavy atom. The first-order valence-corrected chi connectivity index (χ1v) is 8.89. The van der Waals surface area contributed by atoms with Gasteiger partial charge in [-0.15, -0.1) is 0 Å². The maximum atomic E-state index is 12.5. The Morgan fingerprint density at radius 2 is 1.59 bits per heavy atom. The second-order valence-electron chi connectivity index (χ2n) is 7.09. The first-order valence-electron chi connectivity index (χ1n) is 8.89. The van der Waals surface area contributed by atoms with Gasteiger partial charge in [0.1, 0.15) is 0 Å². The third kappa shape index (κ3) is 4.34. The van der Waals surface area contributed by atoms with E-state index in [2.05, 4.69) is 17.6 Å². The van der Waals surface area contributed by atoms with Gasteiger partial charge in [0.05, 0.1) is 11.3 Å². The molecule has 0 spiro atoms. The summed E-state index contributed by atoms with van der Waals surface area (Å²) >= 11 is 0. The zero-order valence-corrected chi connectivity index (χ0v) is 15.7. The lowest BCUT2D eigenvalue weighted by Gasteiger charge is -2.14. The lowest BCUT2D eigenvalue weighted by atomic mass is 10.1. The molecule has 0 saturated heterocycles. The SMILES string of the molecule is C[C@@H]1C[C@@H]1C(=O)Nc1ccc(C(=O)Nc2ccccc2C(=O)N(C)C)cc1. The summed E-state index contributed by atoms with van der Waals surface area (Å²) < 4.78 is 0. The van der Waals surface area contributed by atoms with Crippen molar-refractivity contribution in [1.82, 2.24) is 4.90 Å². The molecule has 0 aliphatic heterocycles. The number of rotatable bonds is 5. The van der Waals surface area contributed by atoms with E-state index in [4.69, 9.17) is 0 Å². The molecule has 140 valence electrons. The molecule has 0 heterocycles. The molecule has 2 N–H and O–H groups in total. The zero-order chi connectivity index (χ0) is 19.6. The first-order chi connectivity index (χ1) is 12.9. The Morgan fingerprint density at radius 1 is 0.963 bits per heavy atom. The van der Waals surface area contributed by atoms with Crippen LogP contribution in [0.15, 0.2) is 48.5 Å². The summed E-state index contributed by atoms with van der Waals surface area (Å²) in [4.78, 5) is 38.2. The largest absolute Gasteiger partial charge is 0.345 e. The Bertz CT molecular complexity index is 874. The van der Waals surface area contributed by atoms with E-state index in [1.807, 2.05) is 0 Å². The van der Waals surface area contributed by atoms with Crippen LogP contribution in [0, 0.1) is 11.8 Å². The molecule has 0 radical (unpaired) electrons. The smallest absolute Gasteiger partial charge is 0.255 e. The van der Waals surface area contributed by atoms with Crippen LogP contribution in [0.3, 0.4) is 0 Å². The van der Waals surface area contributed by atoms with Crippen molar-refractivity contribution in [2.45, 2.75) is 13.3 Å². The predicted octanol–water partition coefficient (Wildman–Crippen LogP) is 3.24. The van der Waals surface area contributed by atoms with E-state index in [1.165, 1.54) is 4.90 Å². The summed E-state index contributed by atoms with van der Waals surface area (Å²) in [6.07, 6.45) is 0.928. The molecule has 6 nitrogen and oxygen atoms in total. The van der Waals surface area contributed by atoms with Crippen molar-refractivity contribution in [2.75, 3.05) is 24.7 Å². The van der Waals surface area contributed by atoms with Crippen LogP contribution in [0.5, 0.6) is 0 Å². The molecule has 2 aromatic carbocycles. The van der Waals surface area contributed by atoms with Crippen LogP contribution < -0.4 is 10.6 Å². The summed E-state index contributed by atoms with van der Waals surface area (Å²) in [5.41, 5.74) is 2.00. The highest BCUT2D eigenvalue weighted by Gasteiger charge is 2.39. The second-order valence-corrected chi connectivity index (χ2v) is 7.09. The van der Waals surface area contributed by atoms with E-state index >= 15 is 0 Å². The molecule has 0 aromatic heterocycles. The number of carbonyl (C=O) groups is 3. The topological polar surface area (TPSA) is 78.5 Å². The van der Waals surface area contributed by atoms with Gasteiger partial charge in [-0.05, 0) is 48.7 Å². The third-order valence-electron chi connectivity index (χ3n) is 4.67. The average Bonchev–Trinajstić information content (AvgIpc) is 3.39. The summed E-state index contributed by atoms with van der Waals surface area (Å²) in [7, 11) is 3.33. The van der Waals surface area contributed by atoms with Gasteiger partial charge in [-0.25, -0.2) is 0 Å². The highest BCUT2D eigenvalue weighted by Crippen LogP contribution is 2.38. The van der Waals surface area contributed by atoms with Gasteiger partial charge in [0.25, 0.3) is 11.8 Å². The fourth-order valence-corrected chi connectivity index (χ4v) is 2.84. The molecule has 0 bridgehead atoms. The number of nitrogens with zero attached hydrogens (tertiary/aromatic N) is 1. The molecule has 1 aliphatic rings. The van der Waals surface area contributed by atoms with E-state index < -0.39 is 0 Å². The van der Waals surface area contributed by atoms with Crippen LogP contribution in [0.4, 0.5) is 11.4 Å². The van der Waals surface area contributed by atoms with Gasteiger partial charge < -0.3 is 15.5 Å². The van der Waals surface area contributed by atoms with Crippen molar-refractivity contribution < 1.29 is 14.4 Å². The Kier molecular flexibility index (Phi) is 5.26. The Balaban J connectivity index is 1.68. The fraction of sp³-hybridized carbons (Fsp3) is 0.286. The van der Waals surface area contributed by atoms with Crippen LogP contribution in [0.25, 0.3) is 0 Å². The summed E-state index contributed by atoms with van der Waals surface area (Å²) in [6, 6.07) is 13.6. The maximum Gasteiger partial charge on any atom is 0.255 e. The van der Waals surface area contributed by atoms with Gasteiger partial charge in [-0.2, -0.15) is 0 Å². The van der Waals surface area contributed by atoms with E-state index in [9.17, 15) is 14.4 Å². The number of nitrogens with one attached hydrogen (secondary N) is 2. The molecular weight excluding hydrogens is 342 g/mol. The fourth-order valence-electron chi connectivity index (χ4n) is 2.84. The van der Waals surface area contributed by atoms with Crippen molar-refractivity contribution in [3.63, 3.8) is 0 Å². The van der Waals surface area contributed by atoms with Gasteiger partial charge in [0.2, 0.25) is 5.91 Å². The van der Waals surface area contributed by atoms with Crippen molar-refractivity contribution in [2.24, 2.45) is 11.8 Å². The standard InChI is InChI=1S/C21H23N3O3/c1-13-12-17(13)20(26)22-15-10-8-14(9-11-15)19(25)23-18-7-5-4-6-16(18)21(27)24(2)3/h4-11,13,17H,12H2,1-3H3,(H,22,26)(H,23,25)/t13-,17+/m1/s1. The van der Waals surface area contributed by atoms with E-state index in [0.29, 0.717) is 28.4 Å². The number of carbonyl (C=O) groups excluding carboxylic acids is 3. The molecule has 3 rings (SSSR count). The van der Waals surface area contributed by atoms with Crippen LogP contribution in [0.1, 0.15) is 34.1 Å². The number of hydrogen-bond donors (Lipinski definition) is 2. The number of para-hydroxylation sites is 1. The maximum absolute atomic E-state index is 12.5. The zero-order valence-electron chi connectivity index (χ0n) is 15.7. The van der Waals surface area contributed by atoms with E-state index in [0.717, 1.165) is 6.42 Å². The minimum absolute atomic E-state index is 0.0239. The molecule has 3 amide bonds. The third-order valence-corrected chi connectivity index (χ3v) is 4.67. The normalized spacial score (nSPS) is 17.7. The van der Waals surface area contributed by atoms with Crippen LogP contribution in [-0.2, 0) is 4.79 Å². The summed E-state index contributed by atoms with van der Waals surface area (Å²) in [5.74, 6) is 0.0653. The van der Waals surface area contributed by atoms with Gasteiger partial charge in [0.15, 0.2) is 0 Å². The molecule has 27 heavy (non-hydrogen) atoms. The van der Waals surface area contributed by atoms with Gasteiger partial charge >= 0.3 is 0 Å².